The highest BCUT2D eigenvalue weighted by atomic mass is 19.1. The predicted molar refractivity (Wildman–Crippen MR) is 131 cm³/mol. The van der Waals surface area contributed by atoms with Gasteiger partial charge in [0.05, 0.1) is 31.9 Å². The molecular formula is C26H27FN4O6. The summed E-state index contributed by atoms with van der Waals surface area (Å²) in [6.45, 7) is 2.15. The van der Waals surface area contributed by atoms with E-state index in [1.54, 1.807) is 31.2 Å². The molecule has 2 heterocycles. The van der Waals surface area contributed by atoms with Gasteiger partial charge < -0.3 is 14.4 Å². The van der Waals surface area contributed by atoms with Crippen LogP contribution in [-0.4, -0.2) is 57.9 Å². The van der Waals surface area contributed by atoms with E-state index in [4.69, 9.17) is 9.47 Å². The molecule has 0 saturated carbocycles. The van der Waals surface area contributed by atoms with Gasteiger partial charge in [0, 0.05) is 13.1 Å². The lowest BCUT2D eigenvalue weighted by atomic mass is 9.98. The zero-order chi connectivity index (χ0) is 26.5. The van der Waals surface area contributed by atoms with Gasteiger partial charge >= 0.3 is 11.7 Å². The Bertz CT molecular complexity index is 1400. The lowest BCUT2D eigenvalue weighted by Gasteiger charge is -2.31. The zero-order valence-corrected chi connectivity index (χ0v) is 20.6. The minimum absolute atomic E-state index is 0.0818. The molecule has 1 aliphatic rings. The van der Waals surface area contributed by atoms with E-state index in [-0.39, 0.29) is 19.7 Å². The summed E-state index contributed by atoms with van der Waals surface area (Å²) in [4.78, 5) is 53.9. The molecule has 11 heteroatoms. The third-order valence-corrected chi connectivity index (χ3v) is 6.16. The first-order chi connectivity index (χ1) is 17.8. The number of carbonyl (C=O) groups is 2. The second-order valence-electron chi connectivity index (χ2n) is 8.60. The quantitative estimate of drug-likeness (QED) is 0.447. The van der Waals surface area contributed by atoms with Crippen molar-refractivity contribution in [2.75, 3.05) is 26.8 Å². The number of hydrogen-bond donors (Lipinski definition) is 0. The van der Waals surface area contributed by atoms with Gasteiger partial charge in [0.1, 0.15) is 11.6 Å². The van der Waals surface area contributed by atoms with Crippen molar-refractivity contribution in [1.29, 1.82) is 0 Å². The second kappa shape index (κ2) is 11.2. The molecule has 1 fully saturated rings. The molecule has 1 atom stereocenters. The van der Waals surface area contributed by atoms with Crippen molar-refractivity contribution in [2.45, 2.75) is 26.3 Å². The van der Waals surface area contributed by atoms with Crippen LogP contribution >= 0.6 is 0 Å². The largest absolute Gasteiger partial charge is 0.497 e. The highest BCUT2D eigenvalue weighted by Gasteiger charge is 2.32. The number of likely N-dealkylation sites (tertiary alicyclic amines) is 1. The summed E-state index contributed by atoms with van der Waals surface area (Å²) in [7, 11) is 1.50. The van der Waals surface area contributed by atoms with Gasteiger partial charge in [-0.25, -0.2) is 9.18 Å². The Morgan fingerprint density at radius 2 is 1.78 bits per heavy atom. The van der Waals surface area contributed by atoms with Gasteiger partial charge in [-0.3, -0.25) is 19.0 Å². The second-order valence-corrected chi connectivity index (χ2v) is 8.60. The van der Waals surface area contributed by atoms with Crippen molar-refractivity contribution in [3.05, 3.63) is 86.4 Å². The lowest BCUT2D eigenvalue weighted by Crippen LogP contribution is -2.49. The molecule has 0 bridgehead atoms. The van der Waals surface area contributed by atoms with Crippen LogP contribution in [0.5, 0.6) is 5.75 Å². The summed E-state index contributed by atoms with van der Waals surface area (Å²) in [6, 6.07) is 11.7. The molecule has 3 aromatic rings. The molecule has 0 unspecified atom stereocenters. The molecule has 2 aromatic carbocycles. The fourth-order valence-corrected chi connectivity index (χ4v) is 4.22. The number of nitrogens with zero attached hydrogens (tertiary/aromatic N) is 4. The van der Waals surface area contributed by atoms with Crippen LogP contribution in [0.1, 0.15) is 35.8 Å². The van der Waals surface area contributed by atoms with E-state index < -0.39 is 40.6 Å². The first-order valence-electron chi connectivity index (χ1n) is 11.9. The van der Waals surface area contributed by atoms with E-state index in [1.807, 2.05) is 0 Å². The maximum atomic E-state index is 13.5. The topological polar surface area (TPSA) is 113 Å². The van der Waals surface area contributed by atoms with E-state index in [0.717, 1.165) is 9.25 Å². The Morgan fingerprint density at radius 3 is 2.43 bits per heavy atom. The number of aromatic nitrogens is 3. The molecule has 0 radical (unpaired) electrons. The van der Waals surface area contributed by atoms with Gasteiger partial charge in [-0.1, -0.05) is 12.1 Å². The Morgan fingerprint density at radius 1 is 1.08 bits per heavy atom. The summed E-state index contributed by atoms with van der Waals surface area (Å²) in [5.41, 5.74) is -1.29. The van der Waals surface area contributed by atoms with Crippen LogP contribution in [0.15, 0.2) is 58.1 Å². The molecule has 0 aliphatic carbocycles. The van der Waals surface area contributed by atoms with E-state index in [9.17, 15) is 23.6 Å². The first kappa shape index (κ1) is 25.8. The maximum Gasteiger partial charge on any atom is 0.352 e. The van der Waals surface area contributed by atoms with Crippen LogP contribution in [0.2, 0.25) is 0 Å². The first-order valence-corrected chi connectivity index (χ1v) is 11.9. The van der Waals surface area contributed by atoms with Crippen molar-refractivity contribution in [3.8, 4) is 11.4 Å². The van der Waals surface area contributed by atoms with Crippen LogP contribution < -0.4 is 16.0 Å². The SMILES string of the molecule is CCOC(=O)[C@H]1CCCN(C(=O)c2nn(-c3ccc(OC)cc3)c(=O)n(Cc3ccc(F)cc3)c2=O)C1. The average Bonchev–Trinajstić information content (AvgIpc) is 2.92. The monoisotopic (exact) mass is 510 g/mol. The van der Waals surface area contributed by atoms with Crippen LogP contribution in [0.25, 0.3) is 5.69 Å². The number of halogens is 1. The Labute approximate surface area is 211 Å². The number of carbonyl (C=O) groups excluding carboxylic acids is 2. The van der Waals surface area contributed by atoms with Gasteiger partial charge in [0.15, 0.2) is 0 Å². The normalized spacial score (nSPS) is 15.3. The van der Waals surface area contributed by atoms with E-state index >= 15 is 0 Å². The third kappa shape index (κ3) is 5.60. The van der Waals surface area contributed by atoms with Crippen molar-refractivity contribution >= 4 is 11.9 Å². The number of benzene rings is 2. The average molecular weight is 511 g/mol. The number of piperidine rings is 1. The maximum absolute atomic E-state index is 13.5. The fraction of sp³-hybridized carbons (Fsp3) is 0.346. The van der Waals surface area contributed by atoms with Crippen molar-refractivity contribution in [3.63, 3.8) is 0 Å². The highest BCUT2D eigenvalue weighted by Crippen LogP contribution is 2.19. The third-order valence-electron chi connectivity index (χ3n) is 6.16. The number of methoxy groups -OCH3 is 1. The van der Waals surface area contributed by atoms with Crippen molar-refractivity contribution < 1.29 is 23.5 Å². The predicted octanol–water partition coefficient (Wildman–Crippen LogP) is 2.01. The Kier molecular flexibility index (Phi) is 7.80. The molecule has 0 N–H and O–H groups in total. The molecule has 1 aliphatic heterocycles. The van der Waals surface area contributed by atoms with Crippen molar-refractivity contribution in [1.82, 2.24) is 19.2 Å². The van der Waals surface area contributed by atoms with Crippen LogP contribution in [-0.2, 0) is 16.1 Å². The number of rotatable bonds is 7. The Balaban J connectivity index is 1.78. The molecule has 194 valence electrons. The van der Waals surface area contributed by atoms with Gasteiger partial charge in [-0.05, 0) is 61.7 Å². The minimum Gasteiger partial charge on any atom is -0.497 e. The van der Waals surface area contributed by atoms with E-state index in [2.05, 4.69) is 5.10 Å². The molecular weight excluding hydrogens is 483 g/mol. The summed E-state index contributed by atoms with van der Waals surface area (Å²) >= 11 is 0. The van der Waals surface area contributed by atoms with Gasteiger partial charge in [-0.15, -0.1) is 0 Å². The Hall–Kier alpha value is -4.28. The van der Waals surface area contributed by atoms with Crippen LogP contribution in [0, 0.1) is 11.7 Å². The lowest BCUT2D eigenvalue weighted by molar-refractivity contribution is -0.149. The smallest absolute Gasteiger partial charge is 0.352 e. The summed E-state index contributed by atoms with van der Waals surface area (Å²) in [6.07, 6.45) is 1.12. The van der Waals surface area contributed by atoms with E-state index in [0.29, 0.717) is 36.4 Å². The highest BCUT2D eigenvalue weighted by molar-refractivity contribution is 5.92. The molecule has 1 aromatic heterocycles. The van der Waals surface area contributed by atoms with Crippen LogP contribution in [0.4, 0.5) is 4.39 Å². The van der Waals surface area contributed by atoms with E-state index in [1.165, 1.54) is 36.3 Å². The number of ether oxygens (including phenoxy) is 2. The fourth-order valence-electron chi connectivity index (χ4n) is 4.22. The van der Waals surface area contributed by atoms with Crippen molar-refractivity contribution in [2.24, 2.45) is 5.92 Å². The minimum atomic E-state index is -0.873. The molecule has 1 saturated heterocycles. The van der Waals surface area contributed by atoms with Crippen LogP contribution in [0.3, 0.4) is 0 Å². The van der Waals surface area contributed by atoms with Gasteiger partial charge in [0.25, 0.3) is 11.5 Å². The molecule has 10 nitrogen and oxygen atoms in total. The molecule has 1 amide bonds. The van der Waals surface area contributed by atoms with Gasteiger partial charge in [-0.2, -0.15) is 9.78 Å². The molecule has 37 heavy (non-hydrogen) atoms. The zero-order valence-electron chi connectivity index (χ0n) is 20.6. The standard InChI is InChI=1S/C26H27FN4O6/c1-3-37-25(34)18-5-4-14-29(16-18)23(32)22-24(33)30(15-17-6-8-19(27)9-7-17)26(35)31(28-22)20-10-12-21(36-2)13-11-20/h6-13,18H,3-5,14-16H2,1-2H3/t18-/m0/s1. The summed E-state index contributed by atoms with van der Waals surface area (Å²) in [5.74, 6) is -1.50. The number of amides is 1. The number of esters is 1. The summed E-state index contributed by atoms with van der Waals surface area (Å²) in [5, 5.41) is 4.16. The molecule has 4 rings (SSSR count). The molecule has 0 spiro atoms. The van der Waals surface area contributed by atoms with Gasteiger partial charge in [0.2, 0.25) is 5.69 Å². The number of hydrogen-bond acceptors (Lipinski definition) is 7. The summed E-state index contributed by atoms with van der Waals surface area (Å²) < 4.78 is 25.5.